The number of allylic oxidation sites excluding steroid dienone is 2. The Bertz CT molecular complexity index is 1290. The number of anilines is 1. The first-order valence-corrected chi connectivity index (χ1v) is 14.9. The quantitative estimate of drug-likeness (QED) is 0.147. The van der Waals surface area contributed by atoms with Gasteiger partial charge in [0.2, 0.25) is 0 Å². The summed E-state index contributed by atoms with van der Waals surface area (Å²) in [6.45, 7) is 7.92. The molecule has 1 aromatic carbocycles. The topological polar surface area (TPSA) is 165 Å². The number of aliphatic imine (C=N–C) groups is 1. The van der Waals surface area contributed by atoms with Crippen LogP contribution in [-0.2, 0) is 30.2 Å². The maximum absolute atomic E-state index is 13.1. The number of carbonyl (C=O) groups excluding carboxylic acids is 2. The number of nitrogens with zero attached hydrogens (tertiary/aromatic N) is 2. The number of carbonyl (C=O) groups is 2. The lowest BCUT2D eigenvalue weighted by atomic mass is 9.87. The normalized spacial score (nSPS) is 25.6. The molecule has 12 heteroatoms. The number of methoxy groups -OCH3 is 3. The summed E-state index contributed by atoms with van der Waals surface area (Å²) in [7, 11) is 8.48. The van der Waals surface area contributed by atoms with Crippen LogP contribution in [-0.4, -0.2) is 99.7 Å². The molecule has 0 saturated carbocycles. The summed E-state index contributed by atoms with van der Waals surface area (Å²) in [5.41, 5.74) is 7.09. The Labute approximate surface area is 266 Å². The van der Waals surface area contributed by atoms with Crippen LogP contribution >= 0.6 is 0 Å². The second-order valence-corrected chi connectivity index (χ2v) is 11.7. The van der Waals surface area contributed by atoms with Gasteiger partial charge in [0, 0.05) is 57.2 Å². The molecule has 45 heavy (non-hydrogen) atoms. The minimum absolute atomic E-state index is 0.0529. The molecular formula is C33H50N4O8. The van der Waals surface area contributed by atoms with E-state index in [-0.39, 0.29) is 40.8 Å². The van der Waals surface area contributed by atoms with Crippen molar-refractivity contribution >= 4 is 29.6 Å². The van der Waals surface area contributed by atoms with Crippen LogP contribution in [0.5, 0.6) is 11.5 Å². The van der Waals surface area contributed by atoms with Gasteiger partial charge in [-0.15, -0.1) is 0 Å². The Morgan fingerprint density at radius 1 is 1.16 bits per heavy atom. The van der Waals surface area contributed by atoms with Crippen molar-refractivity contribution in [2.24, 2.45) is 22.6 Å². The smallest absolute Gasteiger partial charge is 0.405 e. The number of aromatic hydroxyl groups is 2. The molecule has 0 saturated heterocycles. The van der Waals surface area contributed by atoms with E-state index in [1.807, 2.05) is 45.8 Å². The van der Waals surface area contributed by atoms with Crippen LogP contribution in [0.2, 0.25) is 0 Å². The largest absolute Gasteiger partial charge is 0.506 e. The van der Waals surface area contributed by atoms with E-state index in [9.17, 15) is 19.8 Å². The van der Waals surface area contributed by atoms with Crippen LogP contribution in [0.25, 0.3) is 0 Å². The number of fused-ring (bicyclic) bond motifs is 2. The number of benzene rings is 1. The second kappa shape index (κ2) is 17.7. The Morgan fingerprint density at radius 3 is 2.42 bits per heavy atom. The number of rotatable bonds is 7. The van der Waals surface area contributed by atoms with Crippen molar-refractivity contribution in [1.29, 1.82) is 0 Å². The van der Waals surface area contributed by atoms with Gasteiger partial charge in [-0.25, -0.2) is 4.79 Å². The number of ether oxygens (including phenoxy) is 4. The van der Waals surface area contributed by atoms with Gasteiger partial charge < -0.3 is 45.1 Å². The average Bonchev–Trinajstić information content (AvgIpc) is 2.97. The summed E-state index contributed by atoms with van der Waals surface area (Å²) in [6.07, 6.45) is 5.96. The van der Waals surface area contributed by atoms with Crippen LogP contribution in [0.3, 0.4) is 0 Å². The number of hydrogen-bond donors (Lipinski definition) is 4. The molecule has 0 aromatic heterocycles. The molecule has 0 radical (unpaired) electrons. The van der Waals surface area contributed by atoms with Crippen molar-refractivity contribution in [1.82, 2.24) is 4.90 Å². The summed E-state index contributed by atoms with van der Waals surface area (Å²) in [5.74, 6) is -1.13. The number of amides is 2. The lowest BCUT2D eigenvalue weighted by Crippen LogP contribution is -2.38. The fourth-order valence-electron chi connectivity index (χ4n) is 5.39. The van der Waals surface area contributed by atoms with Crippen molar-refractivity contribution in [2.75, 3.05) is 47.3 Å². The van der Waals surface area contributed by atoms with Crippen LogP contribution in [0.15, 0.2) is 46.5 Å². The molecule has 1 aliphatic rings. The van der Waals surface area contributed by atoms with Gasteiger partial charge in [0.05, 0.1) is 17.9 Å². The second-order valence-electron chi connectivity index (χ2n) is 11.7. The van der Waals surface area contributed by atoms with Crippen molar-refractivity contribution in [2.45, 2.75) is 65.0 Å². The molecule has 0 aliphatic carbocycles. The first kappa shape index (κ1) is 37.5. The molecule has 12 nitrogen and oxygen atoms in total. The molecule has 250 valence electrons. The van der Waals surface area contributed by atoms with Crippen LogP contribution in [0.1, 0.15) is 39.7 Å². The van der Waals surface area contributed by atoms with Gasteiger partial charge in [-0.3, -0.25) is 9.79 Å². The fraction of sp³-hybridized carbons (Fsp3) is 0.545. The highest BCUT2D eigenvalue weighted by atomic mass is 16.6. The van der Waals surface area contributed by atoms with Crippen molar-refractivity contribution in [3.8, 4) is 11.5 Å². The van der Waals surface area contributed by atoms with Crippen molar-refractivity contribution < 1.29 is 38.7 Å². The maximum Gasteiger partial charge on any atom is 0.405 e. The summed E-state index contributed by atoms with van der Waals surface area (Å²) in [4.78, 5) is 31.4. The van der Waals surface area contributed by atoms with E-state index in [1.165, 1.54) is 13.2 Å². The fourth-order valence-corrected chi connectivity index (χ4v) is 5.39. The number of primary amides is 1. The maximum atomic E-state index is 13.1. The highest BCUT2D eigenvalue weighted by Crippen LogP contribution is 2.44. The van der Waals surface area contributed by atoms with E-state index in [4.69, 9.17) is 24.7 Å². The van der Waals surface area contributed by atoms with E-state index in [1.54, 1.807) is 45.6 Å². The monoisotopic (exact) mass is 630 g/mol. The molecule has 0 fully saturated rings. The van der Waals surface area contributed by atoms with Gasteiger partial charge in [0.25, 0.3) is 5.91 Å². The van der Waals surface area contributed by atoms with Gasteiger partial charge in [-0.2, -0.15) is 0 Å². The summed E-state index contributed by atoms with van der Waals surface area (Å²) in [6, 6.07) is 1.29. The average molecular weight is 631 g/mol. The van der Waals surface area contributed by atoms with E-state index < -0.39 is 30.3 Å². The Morgan fingerprint density at radius 2 is 1.84 bits per heavy atom. The van der Waals surface area contributed by atoms with Crippen molar-refractivity contribution in [3.05, 3.63) is 47.1 Å². The van der Waals surface area contributed by atoms with E-state index in [2.05, 4.69) is 10.3 Å². The predicted molar refractivity (Wildman–Crippen MR) is 175 cm³/mol. The molecule has 1 unspecified atom stereocenters. The lowest BCUT2D eigenvalue weighted by molar-refractivity contribution is -0.112. The third-order valence-electron chi connectivity index (χ3n) is 7.71. The molecule has 6 atom stereocenters. The third kappa shape index (κ3) is 10.7. The van der Waals surface area contributed by atoms with E-state index in [0.717, 1.165) is 0 Å². The molecular weight excluding hydrogens is 580 g/mol. The number of nitrogens with one attached hydrogen (secondary N) is 1. The summed E-state index contributed by atoms with van der Waals surface area (Å²) in [5, 5.41) is 25.1. The van der Waals surface area contributed by atoms with Gasteiger partial charge >= 0.3 is 6.09 Å². The predicted octanol–water partition coefficient (Wildman–Crippen LogP) is 4.48. The van der Waals surface area contributed by atoms with Crippen LogP contribution in [0.4, 0.5) is 16.2 Å². The van der Waals surface area contributed by atoms with Gasteiger partial charge in [0.1, 0.15) is 23.3 Å². The lowest BCUT2D eigenvalue weighted by Gasteiger charge is -2.32. The van der Waals surface area contributed by atoms with Gasteiger partial charge in [0.15, 0.2) is 6.10 Å². The Hall–Kier alpha value is -3.71. The minimum atomic E-state index is -0.956. The summed E-state index contributed by atoms with van der Waals surface area (Å²) >= 11 is 0. The highest BCUT2D eigenvalue weighted by Gasteiger charge is 2.31. The first-order valence-electron chi connectivity index (χ1n) is 14.9. The summed E-state index contributed by atoms with van der Waals surface area (Å²) < 4.78 is 22.9. The molecule has 1 heterocycles. The third-order valence-corrected chi connectivity index (χ3v) is 7.71. The zero-order valence-electron chi connectivity index (χ0n) is 27.9. The Kier molecular flexibility index (Phi) is 14.7. The van der Waals surface area contributed by atoms with Crippen LogP contribution < -0.4 is 11.1 Å². The minimum Gasteiger partial charge on any atom is -0.506 e. The molecule has 1 aliphatic heterocycles. The molecule has 0 spiro atoms. The van der Waals surface area contributed by atoms with Gasteiger partial charge in [-0.05, 0) is 52.3 Å². The molecule has 1 aromatic rings. The van der Waals surface area contributed by atoms with Crippen LogP contribution in [0, 0.1) is 11.8 Å². The Balaban J connectivity index is 2.72. The highest BCUT2D eigenvalue weighted by molar-refractivity contribution is 6.04. The number of phenols is 2. The van der Waals surface area contributed by atoms with E-state index in [0.29, 0.717) is 36.1 Å². The standard InChI is InChI=1S/C33H50N4O8/c1-19-15-23-28(35-13-14-37(5)6)25(38)18-24(29(23)39)36-32(40)20(2)11-10-12-26(42-7)31(45-33(34)41)22(4)17-21(3)30(44-9)27(16-19)43-8/h10-13,17-19,21,26-27,30-31,38-39H,14-16H2,1-9H3,(H2,34,41)(H,36,40)/t19-,21+,26?,27+,30-,31+/m1/s1. The molecule has 5 N–H and O–H groups in total. The zero-order chi connectivity index (χ0) is 33.8. The number of hydrogen-bond acceptors (Lipinski definition) is 10. The SMILES string of the molecule is COC1C=CC=C(C)C(=O)Nc2cc(O)c(N=CCN(C)C)c(c2O)C[C@@H](C)C[C@H](OC)[C@H](OC)[C@@H](C)C=C(C)[C@@H]1OC(N)=O. The van der Waals surface area contributed by atoms with Crippen molar-refractivity contribution in [3.63, 3.8) is 0 Å². The van der Waals surface area contributed by atoms with Gasteiger partial charge in [-0.1, -0.05) is 38.2 Å². The molecule has 2 bridgehead atoms. The molecule has 2 amide bonds. The zero-order valence-corrected chi connectivity index (χ0v) is 27.9. The molecule has 2 rings (SSSR count). The number of nitrogens with two attached hydrogens (primary N) is 1. The number of phenolic OH excluding ortho intramolecular Hbond substituents is 2. The van der Waals surface area contributed by atoms with E-state index >= 15 is 0 Å². The first-order chi connectivity index (χ1) is 21.2.